The van der Waals surface area contributed by atoms with E-state index in [2.05, 4.69) is 61.7 Å². The number of Topliss-reactive ketones (excluding diaryl/α,β-unsaturated/α-hetero) is 1. The third kappa shape index (κ3) is 7.36. The predicted molar refractivity (Wildman–Crippen MR) is 195 cm³/mol. The van der Waals surface area contributed by atoms with Crippen molar-refractivity contribution in [2.75, 3.05) is 13.1 Å². The number of hydrogen-bond donors (Lipinski definition) is 4. The number of aromatic amines is 2. The van der Waals surface area contributed by atoms with Crippen molar-refractivity contribution in [2.24, 2.45) is 0 Å². The number of aromatic nitrogens is 4. The third-order valence-corrected chi connectivity index (χ3v) is 9.99. The number of hydrogen-bond acceptors (Lipinski definition) is 6. The van der Waals surface area contributed by atoms with Crippen molar-refractivity contribution in [2.45, 2.75) is 63.6 Å². The molecular formula is C40H41N7O5. The molecule has 5 aromatic rings. The van der Waals surface area contributed by atoms with Crippen molar-refractivity contribution in [1.29, 1.82) is 0 Å². The molecule has 3 aromatic carbocycles. The van der Waals surface area contributed by atoms with Gasteiger partial charge in [-0.05, 0) is 60.4 Å². The third-order valence-electron chi connectivity index (χ3n) is 9.99. The molecule has 52 heavy (non-hydrogen) atoms. The van der Waals surface area contributed by atoms with Gasteiger partial charge < -0.3 is 35.0 Å². The van der Waals surface area contributed by atoms with Gasteiger partial charge in [0.05, 0.1) is 35.9 Å². The Balaban J connectivity index is 1.01. The van der Waals surface area contributed by atoms with E-state index >= 15 is 0 Å². The van der Waals surface area contributed by atoms with Crippen LogP contribution in [0.25, 0.3) is 33.6 Å². The summed E-state index contributed by atoms with van der Waals surface area (Å²) in [6.07, 6.45) is 6.09. The lowest BCUT2D eigenvalue weighted by Gasteiger charge is -2.28. The summed E-state index contributed by atoms with van der Waals surface area (Å²) in [6, 6.07) is 23.9. The van der Waals surface area contributed by atoms with Crippen LogP contribution in [0, 0.1) is 0 Å². The van der Waals surface area contributed by atoms with Gasteiger partial charge in [-0.15, -0.1) is 0 Å². The van der Waals surface area contributed by atoms with E-state index in [0.29, 0.717) is 24.5 Å². The first-order valence-electron chi connectivity index (χ1n) is 17.7. The molecule has 0 aliphatic carbocycles. The van der Waals surface area contributed by atoms with Gasteiger partial charge in [-0.25, -0.2) is 14.8 Å². The molecule has 4 heterocycles. The number of carbonyl (C=O) groups excluding carboxylic acids is 3. The van der Waals surface area contributed by atoms with Crippen LogP contribution in [0.2, 0.25) is 0 Å². The largest absolute Gasteiger partial charge is 0.465 e. The van der Waals surface area contributed by atoms with Crippen LogP contribution in [-0.4, -0.2) is 71.6 Å². The smallest absolute Gasteiger partial charge is 0.405 e. The highest BCUT2D eigenvalue weighted by molar-refractivity contribution is 5.87. The van der Waals surface area contributed by atoms with Gasteiger partial charge in [-0.3, -0.25) is 9.59 Å². The molecular weight excluding hydrogens is 658 g/mol. The number of rotatable bonds is 11. The van der Waals surface area contributed by atoms with Gasteiger partial charge in [0.25, 0.3) is 5.91 Å². The monoisotopic (exact) mass is 699 g/mol. The molecule has 2 aliphatic heterocycles. The Bertz CT molecular complexity index is 2060. The highest BCUT2D eigenvalue weighted by Crippen LogP contribution is 2.35. The molecule has 2 saturated heterocycles. The minimum Gasteiger partial charge on any atom is -0.465 e. The fourth-order valence-corrected chi connectivity index (χ4v) is 7.30. The molecule has 12 nitrogen and oxygen atoms in total. The van der Waals surface area contributed by atoms with Gasteiger partial charge in [0.2, 0.25) is 5.91 Å². The van der Waals surface area contributed by atoms with Crippen LogP contribution in [0.1, 0.15) is 80.8 Å². The number of carboxylic acid groups (broad SMARTS) is 1. The van der Waals surface area contributed by atoms with Crippen LogP contribution < -0.4 is 5.32 Å². The summed E-state index contributed by atoms with van der Waals surface area (Å²) in [4.78, 5) is 69.1. The Morgan fingerprint density at radius 2 is 1.23 bits per heavy atom. The number of nitrogens with one attached hydrogen (secondary N) is 3. The van der Waals surface area contributed by atoms with E-state index in [1.807, 2.05) is 29.3 Å². The van der Waals surface area contributed by atoms with Crippen molar-refractivity contribution in [3.8, 4) is 33.6 Å². The number of ketones is 1. The second kappa shape index (κ2) is 15.1. The second-order valence-electron chi connectivity index (χ2n) is 13.4. The Morgan fingerprint density at radius 3 is 1.75 bits per heavy atom. The molecule has 1 unspecified atom stereocenters. The molecule has 0 spiro atoms. The number of imidazole rings is 2. The zero-order valence-corrected chi connectivity index (χ0v) is 28.9. The fourth-order valence-electron chi connectivity index (χ4n) is 7.30. The summed E-state index contributed by atoms with van der Waals surface area (Å²) < 4.78 is 0. The molecule has 7 rings (SSSR count). The van der Waals surface area contributed by atoms with E-state index in [0.717, 1.165) is 65.1 Å². The summed E-state index contributed by atoms with van der Waals surface area (Å²) in [5.41, 5.74) is 6.36. The zero-order chi connectivity index (χ0) is 36.2. The van der Waals surface area contributed by atoms with Crippen LogP contribution >= 0.6 is 0 Å². The maximum Gasteiger partial charge on any atom is 0.405 e. The van der Waals surface area contributed by atoms with Gasteiger partial charge in [0.1, 0.15) is 23.5 Å². The standard InChI is InChI=1S/C40H41N7O5/c1-25(48)11-20-35(49)46-21-5-9-33(46)37-41-23-31(43-37)28-16-12-26(13-17-28)27-14-18-29(19-15-27)32-24-42-38(44-32)34-10-6-22-47(34)39(50)36(45-40(51)52)30-7-3-2-4-8-30/h2-4,7-8,12-19,23-24,33-34,36,45H,5-6,9-11,20-22H2,1H3,(H,41,43)(H,42,44)(H,51,52)/t33?,34-,36+/m0/s1. The van der Waals surface area contributed by atoms with Crippen molar-refractivity contribution >= 4 is 23.7 Å². The predicted octanol–water partition coefficient (Wildman–Crippen LogP) is 6.84. The number of likely N-dealkylation sites (tertiary alicyclic amines) is 2. The highest BCUT2D eigenvalue weighted by Gasteiger charge is 2.37. The molecule has 2 aromatic heterocycles. The average Bonchev–Trinajstić information content (AvgIpc) is 3.99. The Kier molecular flexibility index (Phi) is 9.96. The average molecular weight is 700 g/mol. The summed E-state index contributed by atoms with van der Waals surface area (Å²) in [5, 5.41) is 11.9. The molecule has 0 bridgehead atoms. The first-order chi connectivity index (χ1) is 25.2. The van der Waals surface area contributed by atoms with Crippen LogP contribution in [-0.2, 0) is 14.4 Å². The number of nitrogens with zero attached hydrogens (tertiary/aromatic N) is 4. The fraction of sp³-hybridized carbons (Fsp3) is 0.300. The first-order valence-corrected chi connectivity index (χ1v) is 17.7. The molecule has 2 fully saturated rings. The van der Waals surface area contributed by atoms with E-state index in [4.69, 9.17) is 0 Å². The lowest BCUT2D eigenvalue weighted by atomic mass is 10.0. The van der Waals surface area contributed by atoms with Gasteiger partial charge in [-0.2, -0.15) is 0 Å². The van der Waals surface area contributed by atoms with E-state index in [9.17, 15) is 24.3 Å². The van der Waals surface area contributed by atoms with Crippen molar-refractivity contribution in [1.82, 2.24) is 35.1 Å². The molecule has 3 amide bonds. The van der Waals surface area contributed by atoms with Crippen molar-refractivity contribution in [3.05, 3.63) is 108 Å². The molecule has 4 N–H and O–H groups in total. The summed E-state index contributed by atoms with van der Waals surface area (Å²) in [5.74, 6) is 1.16. The Hall–Kier alpha value is -6.04. The van der Waals surface area contributed by atoms with Gasteiger partial charge in [-0.1, -0.05) is 78.9 Å². The summed E-state index contributed by atoms with van der Waals surface area (Å²) in [6.45, 7) is 2.70. The molecule has 12 heteroatoms. The number of carbonyl (C=O) groups is 4. The second-order valence-corrected chi connectivity index (χ2v) is 13.4. The van der Waals surface area contributed by atoms with E-state index in [-0.39, 0.29) is 42.5 Å². The van der Waals surface area contributed by atoms with E-state index < -0.39 is 12.1 Å². The van der Waals surface area contributed by atoms with E-state index in [1.165, 1.54) is 6.92 Å². The number of H-pyrrole nitrogens is 2. The van der Waals surface area contributed by atoms with Crippen molar-refractivity contribution < 1.29 is 24.3 Å². The number of amides is 3. The first kappa shape index (κ1) is 34.4. The van der Waals surface area contributed by atoms with Gasteiger partial charge in [0, 0.05) is 25.9 Å². The topological polar surface area (TPSA) is 164 Å². The van der Waals surface area contributed by atoms with Crippen LogP contribution in [0.15, 0.2) is 91.3 Å². The van der Waals surface area contributed by atoms with Gasteiger partial charge >= 0.3 is 6.09 Å². The molecule has 0 radical (unpaired) electrons. The highest BCUT2D eigenvalue weighted by atomic mass is 16.4. The van der Waals surface area contributed by atoms with Crippen LogP contribution in [0.4, 0.5) is 4.79 Å². The Morgan fingerprint density at radius 1 is 0.731 bits per heavy atom. The van der Waals surface area contributed by atoms with Crippen LogP contribution in [0.3, 0.4) is 0 Å². The minimum atomic E-state index is -1.25. The lowest BCUT2D eigenvalue weighted by molar-refractivity contribution is -0.134. The molecule has 0 saturated carbocycles. The number of benzene rings is 3. The Labute approximate surface area is 301 Å². The molecule has 266 valence electrons. The van der Waals surface area contributed by atoms with Crippen molar-refractivity contribution in [3.63, 3.8) is 0 Å². The van der Waals surface area contributed by atoms with Gasteiger partial charge in [0.15, 0.2) is 0 Å². The maximum atomic E-state index is 13.7. The molecule has 2 aliphatic rings. The normalized spacial score (nSPS) is 17.6. The molecule has 3 atom stereocenters. The minimum absolute atomic E-state index is 0.00380. The van der Waals surface area contributed by atoms with Crippen LogP contribution in [0.5, 0.6) is 0 Å². The SMILES string of the molecule is CC(=O)CCC(=O)N1CCCC1c1ncc(-c2ccc(-c3ccc(-c4cnc([C@@H]5CCCN5C(=O)[C@H](NC(=O)O)c5ccccc5)[nH]4)cc3)cc2)[nH]1. The quantitative estimate of drug-likeness (QED) is 0.117. The summed E-state index contributed by atoms with van der Waals surface area (Å²) in [7, 11) is 0. The maximum absolute atomic E-state index is 13.7. The van der Waals surface area contributed by atoms with E-state index in [1.54, 1.807) is 35.4 Å². The zero-order valence-electron chi connectivity index (χ0n) is 28.9. The lowest BCUT2D eigenvalue weighted by Crippen LogP contribution is -2.42. The summed E-state index contributed by atoms with van der Waals surface area (Å²) >= 11 is 0.